The summed E-state index contributed by atoms with van der Waals surface area (Å²) in [6.07, 6.45) is 0. The minimum absolute atomic E-state index is 0. The first kappa shape index (κ1) is 22.7. The van der Waals surface area contributed by atoms with Gasteiger partial charge in [-0.25, -0.2) is 4.98 Å². The van der Waals surface area contributed by atoms with E-state index in [1.54, 1.807) is 11.3 Å². The van der Waals surface area contributed by atoms with Crippen molar-refractivity contribution < 1.29 is 0 Å². The van der Waals surface area contributed by atoms with Gasteiger partial charge in [0.2, 0.25) is 0 Å². The van der Waals surface area contributed by atoms with Crippen molar-refractivity contribution in [2.75, 3.05) is 31.9 Å². The molecule has 0 atom stereocenters. The van der Waals surface area contributed by atoms with Crippen LogP contribution in [0.4, 0.5) is 5.69 Å². The van der Waals surface area contributed by atoms with Gasteiger partial charge in [0.05, 0.1) is 5.69 Å². The third kappa shape index (κ3) is 5.93. The van der Waals surface area contributed by atoms with E-state index in [2.05, 4.69) is 51.6 Å². The number of piperazine rings is 1. The second-order valence-electron chi connectivity index (χ2n) is 6.81. The highest BCUT2D eigenvalue weighted by Crippen LogP contribution is 2.24. The van der Waals surface area contributed by atoms with E-state index in [-0.39, 0.29) is 24.8 Å². The fraction of sp³-hybridized carbons (Fsp3) is 0.286. The van der Waals surface area contributed by atoms with Crippen LogP contribution in [0.1, 0.15) is 11.3 Å². The molecule has 1 fully saturated rings. The molecular formula is C21H26Cl2N4S. The van der Waals surface area contributed by atoms with E-state index >= 15 is 0 Å². The van der Waals surface area contributed by atoms with Crippen molar-refractivity contribution in [3.8, 4) is 10.6 Å². The van der Waals surface area contributed by atoms with Crippen LogP contribution in [0.2, 0.25) is 0 Å². The normalized spacial score (nSPS) is 14.9. The number of halogens is 2. The van der Waals surface area contributed by atoms with Crippen molar-refractivity contribution in [1.82, 2.24) is 14.8 Å². The van der Waals surface area contributed by atoms with Gasteiger partial charge in [-0.3, -0.25) is 9.80 Å². The van der Waals surface area contributed by atoms with Crippen molar-refractivity contribution in [2.45, 2.75) is 13.1 Å². The Balaban J connectivity index is 0.00000140. The summed E-state index contributed by atoms with van der Waals surface area (Å²) in [5.74, 6) is 0. The number of hydrogen-bond donors (Lipinski definition) is 1. The third-order valence-electron chi connectivity index (χ3n) is 4.78. The van der Waals surface area contributed by atoms with Crippen molar-refractivity contribution in [2.24, 2.45) is 0 Å². The maximum absolute atomic E-state index is 5.88. The number of nitrogen functional groups attached to an aromatic ring is 1. The smallest absolute Gasteiger partial charge is 0.123 e. The zero-order chi connectivity index (χ0) is 17.8. The maximum atomic E-state index is 5.88. The second-order valence-corrected chi connectivity index (χ2v) is 7.67. The highest BCUT2D eigenvalue weighted by molar-refractivity contribution is 7.13. The molecule has 0 spiro atoms. The van der Waals surface area contributed by atoms with E-state index in [9.17, 15) is 0 Å². The molecule has 1 saturated heterocycles. The fourth-order valence-corrected chi connectivity index (χ4v) is 4.19. The van der Waals surface area contributed by atoms with E-state index in [0.717, 1.165) is 50.0 Å². The van der Waals surface area contributed by atoms with Crippen molar-refractivity contribution in [1.29, 1.82) is 0 Å². The van der Waals surface area contributed by atoms with Crippen LogP contribution < -0.4 is 5.73 Å². The number of anilines is 1. The van der Waals surface area contributed by atoms with Gasteiger partial charge < -0.3 is 5.73 Å². The monoisotopic (exact) mass is 436 g/mol. The lowest BCUT2D eigenvalue weighted by Crippen LogP contribution is -2.45. The number of thiazole rings is 1. The van der Waals surface area contributed by atoms with Crippen molar-refractivity contribution >= 4 is 41.8 Å². The van der Waals surface area contributed by atoms with Crippen LogP contribution in [0, 0.1) is 0 Å². The molecule has 2 N–H and O–H groups in total. The lowest BCUT2D eigenvalue weighted by molar-refractivity contribution is 0.121. The van der Waals surface area contributed by atoms with Crippen LogP contribution in [0.5, 0.6) is 0 Å². The van der Waals surface area contributed by atoms with E-state index in [1.807, 2.05) is 18.2 Å². The van der Waals surface area contributed by atoms with E-state index < -0.39 is 0 Å². The van der Waals surface area contributed by atoms with Crippen LogP contribution in [0.25, 0.3) is 10.6 Å². The topological polar surface area (TPSA) is 45.4 Å². The number of hydrogen-bond acceptors (Lipinski definition) is 5. The Hall–Kier alpha value is -1.63. The molecule has 0 radical (unpaired) electrons. The summed E-state index contributed by atoms with van der Waals surface area (Å²) in [5.41, 5.74) is 10.4. The zero-order valence-corrected chi connectivity index (χ0v) is 18.1. The van der Waals surface area contributed by atoms with Crippen molar-refractivity contribution in [3.05, 3.63) is 71.2 Å². The molecule has 1 aliphatic heterocycles. The van der Waals surface area contributed by atoms with Gasteiger partial charge in [0.25, 0.3) is 0 Å². The van der Waals surface area contributed by atoms with Gasteiger partial charge in [-0.2, -0.15) is 0 Å². The number of rotatable bonds is 5. The minimum Gasteiger partial charge on any atom is -0.399 e. The highest BCUT2D eigenvalue weighted by atomic mass is 35.5. The average molecular weight is 437 g/mol. The van der Waals surface area contributed by atoms with Crippen LogP contribution >= 0.6 is 36.2 Å². The van der Waals surface area contributed by atoms with Gasteiger partial charge in [-0.15, -0.1) is 36.2 Å². The van der Waals surface area contributed by atoms with Gasteiger partial charge in [0, 0.05) is 55.9 Å². The molecule has 4 nitrogen and oxygen atoms in total. The van der Waals surface area contributed by atoms with Crippen LogP contribution in [0.15, 0.2) is 60.0 Å². The Morgan fingerprint density at radius 3 is 2.21 bits per heavy atom. The predicted molar refractivity (Wildman–Crippen MR) is 123 cm³/mol. The molecule has 7 heteroatoms. The molecule has 2 aromatic carbocycles. The molecule has 150 valence electrons. The molecule has 0 saturated carbocycles. The van der Waals surface area contributed by atoms with Crippen LogP contribution in [0.3, 0.4) is 0 Å². The summed E-state index contributed by atoms with van der Waals surface area (Å²) in [5, 5.41) is 3.31. The summed E-state index contributed by atoms with van der Waals surface area (Å²) < 4.78 is 0. The molecular weight excluding hydrogens is 411 g/mol. The van der Waals surface area contributed by atoms with Gasteiger partial charge in [0.15, 0.2) is 0 Å². The Bertz CT molecular complexity index is 848. The third-order valence-corrected chi connectivity index (χ3v) is 5.72. The summed E-state index contributed by atoms with van der Waals surface area (Å²) >= 11 is 1.73. The highest BCUT2D eigenvalue weighted by Gasteiger charge is 2.18. The van der Waals surface area contributed by atoms with Gasteiger partial charge >= 0.3 is 0 Å². The van der Waals surface area contributed by atoms with Gasteiger partial charge in [0.1, 0.15) is 5.01 Å². The molecule has 4 rings (SSSR count). The minimum atomic E-state index is 0. The molecule has 1 aliphatic rings. The summed E-state index contributed by atoms with van der Waals surface area (Å²) in [4.78, 5) is 9.82. The number of nitrogens with zero attached hydrogens (tertiary/aromatic N) is 3. The molecule has 0 bridgehead atoms. The predicted octanol–water partition coefficient (Wildman–Crippen LogP) is 4.55. The quantitative estimate of drug-likeness (QED) is 0.595. The van der Waals surface area contributed by atoms with Crippen LogP contribution in [-0.2, 0) is 13.1 Å². The van der Waals surface area contributed by atoms with Crippen LogP contribution in [-0.4, -0.2) is 41.0 Å². The fourth-order valence-electron chi connectivity index (χ4n) is 3.38. The molecule has 1 aromatic heterocycles. The largest absolute Gasteiger partial charge is 0.399 e. The molecule has 0 amide bonds. The van der Waals surface area contributed by atoms with Crippen molar-refractivity contribution in [3.63, 3.8) is 0 Å². The SMILES string of the molecule is Cl.Cl.Nc1cccc(CN2CCN(Cc3csc(-c4ccccc4)n3)CC2)c1. The summed E-state index contributed by atoms with van der Waals surface area (Å²) in [7, 11) is 0. The van der Waals surface area contributed by atoms with E-state index in [0.29, 0.717) is 0 Å². The molecule has 0 unspecified atom stereocenters. The number of nitrogens with two attached hydrogens (primary N) is 1. The molecule has 0 aliphatic carbocycles. The lowest BCUT2D eigenvalue weighted by Gasteiger charge is -2.34. The van der Waals surface area contributed by atoms with Gasteiger partial charge in [-0.05, 0) is 17.7 Å². The Morgan fingerprint density at radius 2 is 1.54 bits per heavy atom. The zero-order valence-electron chi connectivity index (χ0n) is 15.7. The lowest BCUT2D eigenvalue weighted by atomic mass is 10.1. The Kier molecular flexibility index (Phi) is 8.73. The Morgan fingerprint density at radius 1 is 0.857 bits per heavy atom. The van der Waals surface area contributed by atoms with E-state index in [4.69, 9.17) is 10.7 Å². The first-order valence-electron chi connectivity index (χ1n) is 9.05. The average Bonchev–Trinajstić information content (AvgIpc) is 3.13. The number of benzene rings is 2. The summed E-state index contributed by atoms with van der Waals surface area (Å²) in [6, 6.07) is 18.6. The number of aromatic nitrogens is 1. The standard InChI is InChI=1S/C21H24N4S.2ClH/c22-19-8-4-5-17(13-19)14-24-9-11-25(12-10-24)15-20-16-26-21(23-20)18-6-2-1-3-7-18;;/h1-8,13,16H,9-12,14-15,22H2;2*1H. The maximum Gasteiger partial charge on any atom is 0.123 e. The molecule has 28 heavy (non-hydrogen) atoms. The second kappa shape index (κ2) is 10.8. The molecule has 2 heterocycles. The first-order chi connectivity index (χ1) is 12.8. The molecule has 3 aromatic rings. The first-order valence-corrected chi connectivity index (χ1v) is 9.93. The van der Waals surface area contributed by atoms with Gasteiger partial charge in [-0.1, -0.05) is 42.5 Å². The summed E-state index contributed by atoms with van der Waals surface area (Å²) in [6.45, 7) is 6.26. The van der Waals surface area contributed by atoms with E-state index in [1.165, 1.54) is 16.8 Å². The Labute approximate surface area is 183 Å².